The molecule has 2 aromatic rings. The summed E-state index contributed by atoms with van der Waals surface area (Å²) in [4.78, 5) is 1.08. The van der Waals surface area contributed by atoms with Crippen molar-refractivity contribution in [1.29, 1.82) is 0 Å². The first-order valence-corrected chi connectivity index (χ1v) is 10.6. The topological polar surface area (TPSA) is 64.6 Å². The van der Waals surface area contributed by atoms with Crippen LogP contribution in [-0.2, 0) is 18.9 Å². The first-order valence-electron chi connectivity index (χ1n) is 9.71. The minimum absolute atomic E-state index is 0.491. The van der Waals surface area contributed by atoms with E-state index in [1.807, 2.05) is 29.6 Å². The highest BCUT2D eigenvalue weighted by Gasteiger charge is 2.19. The molecule has 29 heavy (non-hydrogen) atoms. The zero-order valence-electron chi connectivity index (χ0n) is 16.7. The lowest BCUT2D eigenvalue weighted by molar-refractivity contribution is 0.000164. The van der Waals surface area contributed by atoms with Gasteiger partial charge in [-0.25, -0.2) is 0 Å². The molecule has 7 nitrogen and oxygen atoms in total. The standard InChI is InChI=1S/C21H28O7S/c1-22-6-7-23-8-9-24-10-11-25-12-13-26-18-4-2-17(3-5-18)21-20-19(16-29-21)27-14-15-28-20/h2-5,16H,6-15H2,1H3. The summed E-state index contributed by atoms with van der Waals surface area (Å²) in [6, 6.07) is 7.97. The zero-order chi connectivity index (χ0) is 20.2. The van der Waals surface area contributed by atoms with E-state index in [2.05, 4.69) is 0 Å². The van der Waals surface area contributed by atoms with Gasteiger partial charge in [0.1, 0.15) is 25.6 Å². The van der Waals surface area contributed by atoms with Crippen LogP contribution in [0.1, 0.15) is 0 Å². The number of hydrogen-bond acceptors (Lipinski definition) is 8. The van der Waals surface area contributed by atoms with E-state index in [4.69, 9.17) is 33.2 Å². The second kappa shape index (κ2) is 12.7. The maximum atomic E-state index is 5.74. The van der Waals surface area contributed by atoms with Gasteiger partial charge in [0.15, 0.2) is 11.5 Å². The Bertz CT molecular complexity index is 702. The van der Waals surface area contributed by atoms with Crippen molar-refractivity contribution in [3.63, 3.8) is 0 Å². The van der Waals surface area contributed by atoms with Crippen LogP contribution in [-0.4, -0.2) is 73.2 Å². The fraction of sp³-hybridized carbons (Fsp3) is 0.524. The number of methoxy groups -OCH3 is 1. The van der Waals surface area contributed by atoms with Crippen LogP contribution in [0.25, 0.3) is 10.4 Å². The lowest BCUT2D eigenvalue weighted by Crippen LogP contribution is -2.14. The van der Waals surface area contributed by atoms with Gasteiger partial charge in [-0.3, -0.25) is 0 Å². The van der Waals surface area contributed by atoms with Gasteiger partial charge >= 0.3 is 0 Å². The molecule has 3 rings (SSSR count). The minimum Gasteiger partial charge on any atom is -0.491 e. The average molecular weight is 425 g/mol. The molecule has 1 aromatic heterocycles. The molecule has 0 atom stereocenters. The van der Waals surface area contributed by atoms with Crippen molar-refractivity contribution < 1.29 is 33.2 Å². The summed E-state index contributed by atoms with van der Waals surface area (Å²) < 4.78 is 38.2. The molecular weight excluding hydrogens is 396 g/mol. The van der Waals surface area contributed by atoms with E-state index in [9.17, 15) is 0 Å². The van der Waals surface area contributed by atoms with Crippen molar-refractivity contribution in [2.75, 3.05) is 73.2 Å². The molecular formula is C21H28O7S. The summed E-state index contributed by atoms with van der Waals surface area (Å²) >= 11 is 1.63. The third-order valence-electron chi connectivity index (χ3n) is 4.09. The highest BCUT2D eigenvalue weighted by Crippen LogP contribution is 2.45. The highest BCUT2D eigenvalue weighted by atomic mass is 32.1. The molecule has 0 spiro atoms. The third kappa shape index (κ3) is 7.17. The first kappa shape index (κ1) is 21.9. The number of rotatable bonds is 14. The summed E-state index contributed by atoms with van der Waals surface area (Å²) in [5, 5.41) is 1.99. The van der Waals surface area contributed by atoms with Crippen molar-refractivity contribution in [2.45, 2.75) is 0 Å². The van der Waals surface area contributed by atoms with E-state index >= 15 is 0 Å². The monoisotopic (exact) mass is 424 g/mol. The summed E-state index contributed by atoms with van der Waals surface area (Å²) in [6.45, 7) is 5.59. The second-order valence-corrected chi connectivity index (χ2v) is 7.04. The van der Waals surface area contributed by atoms with Crippen LogP contribution in [0.2, 0.25) is 0 Å². The van der Waals surface area contributed by atoms with E-state index < -0.39 is 0 Å². The Balaban J connectivity index is 1.26. The molecule has 160 valence electrons. The molecule has 0 aliphatic carbocycles. The van der Waals surface area contributed by atoms with Gasteiger partial charge in [0.05, 0.1) is 51.1 Å². The van der Waals surface area contributed by atoms with Crippen molar-refractivity contribution >= 4 is 11.3 Å². The predicted octanol–water partition coefficient (Wildman–Crippen LogP) is 3.26. The fourth-order valence-electron chi connectivity index (χ4n) is 2.67. The Labute approximate surface area is 175 Å². The van der Waals surface area contributed by atoms with Gasteiger partial charge < -0.3 is 33.2 Å². The maximum absolute atomic E-state index is 5.74. The van der Waals surface area contributed by atoms with Gasteiger partial charge in [-0.05, 0) is 29.8 Å². The molecule has 8 heteroatoms. The summed E-state index contributed by atoms with van der Waals surface area (Å²) in [5.74, 6) is 2.48. The Kier molecular flexibility index (Phi) is 9.55. The molecule has 0 bridgehead atoms. The maximum Gasteiger partial charge on any atom is 0.179 e. The third-order valence-corrected chi connectivity index (χ3v) is 5.08. The van der Waals surface area contributed by atoms with Crippen LogP contribution in [0, 0.1) is 0 Å². The summed E-state index contributed by atoms with van der Waals surface area (Å²) in [5.41, 5.74) is 1.09. The quantitative estimate of drug-likeness (QED) is 0.431. The minimum atomic E-state index is 0.491. The van der Waals surface area contributed by atoms with Gasteiger partial charge in [-0.2, -0.15) is 0 Å². The van der Waals surface area contributed by atoms with E-state index in [1.54, 1.807) is 18.4 Å². The lowest BCUT2D eigenvalue weighted by Gasteiger charge is -2.16. The molecule has 0 saturated heterocycles. The Morgan fingerprint density at radius 1 is 0.793 bits per heavy atom. The number of ether oxygens (including phenoxy) is 7. The molecule has 1 aromatic carbocycles. The van der Waals surface area contributed by atoms with Crippen LogP contribution >= 0.6 is 11.3 Å². The molecule has 2 heterocycles. The van der Waals surface area contributed by atoms with Crippen LogP contribution in [0.5, 0.6) is 17.2 Å². The van der Waals surface area contributed by atoms with Crippen molar-refractivity contribution in [1.82, 2.24) is 0 Å². The van der Waals surface area contributed by atoms with Gasteiger partial charge in [-0.15, -0.1) is 11.3 Å². The number of fused-ring (bicyclic) bond motifs is 1. The smallest absolute Gasteiger partial charge is 0.179 e. The normalized spacial score (nSPS) is 12.9. The van der Waals surface area contributed by atoms with Gasteiger partial charge in [0.25, 0.3) is 0 Å². The van der Waals surface area contributed by atoms with Crippen LogP contribution < -0.4 is 14.2 Å². The summed E-state index contributed by atoms with van der Waals surface area (Å²) in [6.07, 6.45) is 0. The average Bonchev–Trinajstić information content (AvgIpc) is 3.19. The molecule has 0 N–H and O–H groups in total. The Hall–Kier alpha value is -1.84. The van der Waals surface area contributed by atoms with E-state index in [1.165, 1.54) is 0 Å². The molecule has 1 aliphatic rings. The highest BCUT2D eigenvalue weighted by molar-refractivity contribution is 7.14. The molecule has 0 saturated carbocycles. The van der Waals surface area contributed by atoms with E-state index in [-0.39, 0.29) is 0 Å². The number of hydrogen-bond donors (Lipinski definition) is 0. The zero-order valence-corrected chi connectivity index (χ0v) is 17.5. The van der Waals surface area contributed by atoms with Crippen LogP contribution in [0.15, 0.2) is 29.6 Å². The van der Waals surface area contributed by atoms with Crippen LogP contribution in [0.3, 0.4) is 0 Å². The van der Waals surface area contributed by atoms with Gasteiger partial charge in [0, 0.05) is 12.5 Å². The molecule has 0 unspecified atom stereocenters. The van der Waals surface area contributed by atoms with Crippen molar-refractivity contribution in [2.24, 2.45) is 0 Å². The molecule has 0 fully saturated rings. The first-order chi connectivity index (χ1) is 14.4. The van der Waals surface area contributed by atoms with Crippen molar-refractivity contribution in [3.05, 3.63) is 29.6 Å². The number of thiophene rings is 1. The Morgan fingerprint density at radius 3 is 2.10 bits per heavy atom. The van der Waals surface area contributed by atoms with E-state index in [0.717, 1.165) is 27.7 Å². The molecule has 0 amide bonds. The van der Waals surface area contributed by atoms with Crippen LogP contribution in [0.4, 0.5) is 0 Å². The molecule has 0 radical (unpaired) electrons. The fourth-order valence-corrected chi connectivity index (χ4v) is 3.61. The second-order valence-electron chi connectivity index (χ2n) is 6.16. The largest absolute Gasteiger partial charge is 0.491 e. The van der Waals surface area contributed by atoms with E-state index in [0.29, 0.717) is 66.1 Å². The predicted molar refractivity (Wildman–Crippen MR) is 111 cm³/mol. The SMILES string of the molecule is COCCOCCOCCOCCOc1ccc(-c2scc3c2OCCO3)cc1. The van der Waals surface area contributed by atoms with Gasteiger partial charge in [-0.1, -0.05) is 0 Å². The van der Waals surface area contributed by atoms with Gasteiger partial charge in [0.2, 0.25) is 0 Å². The number of benzene rings is 1. The lowest BCUT2D eigenvalue weighted by atomic mass is 10.1. The van der Waals surface area contributed by atoms with Crippen molar-refractivity contribution in [3.8, 4) is 27.7 Å². The molecule has 1 aliphatic heterocycles. The summed E-state index contributed by atoms with van der Waals surface area (Å²) in [7, 11) is 1.65. The Morgan fingerprint density at radius 2 is 1.41 bits per heavy atom.